The lowest BCUT2D eigenvalue weighted by molar-refractivity contribution is -0.133. The van der Waals surface area contributed by atoms with Crippen LogP contribution < -0.4 is 0 Å². The standard InChI is InChI=1S/C8H7ClO2S.C4H11NO/c9-6-1-3-7(4-2-6)12-5-8(10)11;1-5(2)3-4-6/h1-4H,5H2,(H,10,11);6H,3-4H2,1-2H3. The smallest absolute Gasteiger partial charge is 0.313 e. The quantitative estimate of drug-likeness (QED) is 0.813. The van der Waals surface area contributed by atoms with E-state index in [1.165, 1.54) is 11.8 Å². The molecule has 0 aromatic heterocycles. The van der Waals surface area contributed by atoms with E-state index >= 15 is 0 Å². The molecular weight excluding hydrogens is 274 g/mol. The van der Waals surface area contributed by atoms with E-state index in [-0.39, 0.29) is 12.4 Å². The fourth-order valence-electron chi connectivity index (χ4n) is 0.876. The highest BCUT2D eigenvalue weighted by Crippen LogP contribution is 2.19. The Hall–Kier alpha value is -0.750. The third-order valence-corrected chi connectivity index (χ3v) is 2.97. The number of rotatable bonds is 5. The summed E-state index contributed by atoms with van der Waals surface area (Å²) in [7, 11) is 3.85. The second-order valence-corrected chi connectivity index (χ2v) is 5.15. The van der Waals surface area contributed by atoms with Gasteiger partial charge in [0.05, 0.1) is 12.4 Å². The lowest BCUT2D eigenvalue weighted by Crippen LogP contribution is -2.15. The number of halogens is 1. The molecule has 0 aliphatic rings. The highest BCUT2D eigenvalue weighted by atomic mass is 35.5. The van der Waals surface area contributed by atoms with Gasteiger partial charge in [-0.2, -0.15) is 0 Å². The van der Waals surface area contributed by atoms with Crippen molar-refractivity contribution in [2.45, 2.75) is 4.90 Å². The van der Waals surface area contributed by atoms with Crippen LogP contribution in [-0.2, 0) is 4.79 Å². The predicted molar refractivity (Wildman–Crippen MR) is 75.5 cm³/mol. The lowest BCUT2D eigenvalue weighted by atomic mass is 10.4. The zero-order chi connectivity index (χ0) is 14.0. The Morgan fingerprint density at radius 2 is 1.89 bits per heavy atom. The molecule has 0 spiro atoms. The van der Waals surface area contributed by atoms with Crippen LogP contribution in [-0.4, -0.2) is 54.1 Å². The van der Waals surface area contributed by atoms with Crippen molar-refractivity contribution in [1.29, 1.82) is 0 Å². The summed E-state index contributed by atoms with van der Waals surface area (Å²) in [6.07, 6.45) is 0. The number of aliphatic hydroxyl groups is 1. The summed E-state index contributed by atoms with van der Waals surface area (Å²) in [5, 5.41) is 17.2. The first-order chi connectivity index (χ1) is 8.45. The molecule has 1 rings (SSSR count). The number of hydrogen-bond donors (Lipinski definition) is 2. The van der Waals surface area contributed by atoms with Crippen LogP contribution in [0.3, 0.4) is 0 Å². The molecule has 0 aliphatic carbocycles. The first-order valence-electron chi connectivity index (χ1n) is 5.31. The van der Waals surface area contributed by atoms with Gasteiger partial charge in [-0.15, -0.1) is 11.8 Å². The minimum absolute atomic E-state index is 0.0850. The monoisotopic (exact) mass is 291 g/mol. The van der Waals surface area contributed by atoms with Crippen molar-refractivity contribution in [3.05, 3.63) is 29.3 Å². The number of carboxylic acid groups (broad SMARTS) is 1. The summed E-state index contributed by atoms with van der Waals surface area (Å²) in [6, 6.07) is 7.09. The van der Waals surface area contributed by atoms with Crippen molar-refractivity contribution in [2.24, 2.45) is 0 Å². The van der Waals surface area contributed by atoms with Crippen LogP contribution in [0.5, 0.6) is 0 Å². The Kier molecular flexibility index (Phi) is 9.77. The van der Waals surface area contributed by atoms with E-state index in [0.717, 1.165) is 11.4 Å². The third kappa shape index (κ3) is 10.4. The second kappa shape index (κ2) is 10.2. The fourth-order valence-corrected chi connectivity index (χ4v) is 1.62. The predicted octanol–water partition coefficient (Wildman–Crippen LogP) is 2.06. The second-order valence-electron chi connectivity index (χ2n) is 3.66. The van der Waals surface area contributed by atoms with Gasteiger partial charge in [0, 0.05) is 16.5 Å². The molecule has 102 valence electrons. The van der Waals surface area contributed by atoms with E-state index in [0.29, 0.717) is 5.02 Å². The molecular formula is C12H18ClNO3S. The number of aliphatic carboxylic acids is 1. The molecule has 0 amide bonds. The maximum Gasteiger partial charge on any atom is 0.313 e. The highest BCUT2D eigenvalue weighted by Gasteiger charge is 1.98. The summed E-state index contributed by atoms with van der Waals surface area (Å²) in [4.78, 5) is 13.0. The lowest BCUT2D eigenvalue weighted by Gasteiger charge is -2.03. The normalized spacial score (nSPS) is 9.83. The molecule has 0 radical (unpaired) electrons. The molecule has 0 bridgehead atoms. The Labute approximate surface area is 117 Å². The van der Waals surface area contributed by atoms with Gasteiger partial charge in [-0.25, -0.2) is 0 Å². The van der Waals surface area contributed by atoms with Gasteiger partial charge in [0.2, 0.25) is 0 Å². The van der Waals surface area contributed by atoms with Crippen molar-refractivity contribution >= 4 is 29.3 Å². The summed E-state index contributed by atoms with van der Waals surface area (Å²) in [6.45, 7) is 1.02. The van der Waals surface area contributed by atoms with Crippen molar-refractivity contribution in [2.75, 3.05) is 33.0 Å². The molecule has 0 unspecified atom stereocenters. The topological polar surface area (TPSA) is 60.8 Å². The van der Waals surface area contributed by atoms with Crippen LogP contribution in [0.2, 0.25) is 5.02 Å². The first-order valence-corrected chi connectivity index (χ1v) is 6.67. The van der Waals surface area contributed by atoms with Crippen molar-refractivity contribution < 1.29 is 15.0 Å². The number of carboxylic acids is 1. The van der Waals surface area contributed by atoms with Gasteiger partial charge >= 0.3 is 5.97 Å². The van der Waals surface area contributed by atoms with E-state index in [9.17, 15) is 4.79 Å². The van der Waals surface area contributed by atoms with Gasteiger partial charge in [0.15, 0.2) is 0 Å². The Balaban J connectivity index is 0.000000411. The summed E-state index contributed by atoms with van der Waals surface area (Å²) < 4.78 is 0. The molecule has 0 saturated carbocycles. The van der Waals surface area contributed by atoms with Gasteiger partial charge in [-0.3, -0.25) is 4.79 Å². The van der Waals surface area contributed by atoms with Crippen LogP contribution in [0.1, 0.15) is 0 Å². The Morgan fingerprint density at radius 1 is 1.33 bits per heavy atom. The molecule has 6 heteroatoms. The van der Waals surface area contributed by atoms with E-state index in [2.05, 4.69) is 0 Å². The maximum absolute atomic E-state index is 10.2. The SMILES string of the molecule is CN(C)CCO.O=C(O)CSc1ccc(Cl)cc1. The Bertz CT molecular complexity index is 344. The molecule has 1 aromatic rings. The largest absolute Gasteiger partial charge is 0.481 e. The fraction of sp³-hybridized carbons (Fsp3) is 0.417. The molecule has 0 heterocycles. The van der Waals surface area contributed by atoms with Crippen molar-refractivity contribution in [3.8, 4) is 0 Å². The van der Waals surface area contributed by atoms with Crippen LogP contribution in [0.4, 0.5) is 0 Å². The van der Waals surface area contributed by atoms with Gasteiger partial charge in [-0.1, -0.05) is 11.6 Å². The van der Waals surface area contributed by atoms with Gasteiger partial charge in [-0.05, 0) is 38.4 Å². The number of benzene rings is 1. The summed E-state index contributed by atoms with van der Waals surface area (Å²) in [5.74, 6) is -0.725. The van der Waals surface area contributed by atoms with Gasteiger partial charge < -0.3 is 15.1 Å². The van der Waals surface area contributed by atoms with Crippen LogP contribution in [0.25, 0.3) is 0 Å². The minimum Gasteiger partial charge on any atom is -0.481 e. The molecule has 0 atom stereocenters. The van der Waals surface area contributed by atoms with E-state index < -0.39 is 5.97 Å². The minimum atomic E-state index is -0.810. The van der Waals surface area contributed by atoms with E-state index in [4.69, 9.17) is 21.8 Å². The first kappa shape index (κ1) is 17.2. The maximum atomic E-state index is 10.2. The molecule has 18 heavy (non-hydrogen) atoms. The summed E-state index contributed by atoms with van der Waals surface area (Å²) in [5.41, 5.74) is 0. The van der Waals surface area contributed by atoms with Crippen molar-refractivity contribution in [3.63, 3.8) is 0 Å². The van der Waals surface area contributed by atoms with Crippen molar-refractivity contribution in [1.82, 2.24) is 4.90 Å². The van der Waals surface area contributed by atoms with E-state index in [1.54, 1.807) is 24.3 Å². The number of aliphatic hydroxyl groups excluding tert-OH is 1. The van der Waals surface area contributed by atoms with Gasteiger partial charge in [0.1, 0.15) is 0 Å². The van der Waals surface area contributed by atoms with E-state index in [1.807, 2.05) is 19.0 Å². The molecule has 0 fully saturated rings. The Morgan fingerprint density at radius 3 is 2.22 bits per heavy atom. The molecule has 1 aromatic carbocycles. The average Bonchev–Trinajstić information content (AvgIpc) is 2.29. The van der Waals surface area contributed by atoms with Crippen LogP contribution in [0.15, 0.2) is 29.2 Å². The average molecular weight is 292 g/mol. The molecule has 0 saturated heterocycles. The van der Waals surface area contributed by atoms with Crippen LogP contribution in [0, 0.1) is 0 Å². The van der Waals surface area contributed by atoms with Gasteiger partial charge in [0.25, 0.3) is 0 Å². The number of likely N-dealkylation sites (N-methyl/N-ethyl adjacent to an activating group) is 1. The number of carbonyl (C=O) groups is 1. The molecule has 4 nitrogen and oxygen atoms in total. The van der Waals surface area contributed by atoms with Crippen LogP contribution >= 0.6 is 23.4 Å². The zero-order valence-electron chi connectivity index (χ0n) is 10.5. The number of thioether (sulfide) groups is 1. The zero-order valence-corrected chi connectivity index (χ0v) is 12.0. The molecule has 0 aliphatic heterocycles. The third-order valence-electron chi connectivity index (χ3n) is 1.72. The molecule has 2 N–H and O–H groups in total. The summed E-state index contributed by atoms with van der Waals surface area (Å²) >= 11 is 6.93. The number of nitrogens with zero attached hydrogens (tertiary/aromatic N) is 1. The number of hydrogen-bond acceptors (Lipinski definition) is 4. The highest BCUT2D eigenvalue weighted by molar-refractivity contribution is 8.00.